The van der Waals surface area contributed by atoms with E-state index in [1.807, 2.05) is 0 Å². The molecule has 0 spiro atoms. The Balaban J connectivity index is 2.08. The fourth-order valence-electron chi connectivity index (χ4n) is 3.20. The summed E-state index contributed by atoms with van der Waals surface area (Å²) in [4.78, 5) is 0. The van der Waals surface area contributed by atoms with Crippen molar-refractivity contribution in [2.45, 2.75) is 50.7 Å². The number of ether oxygens (including phenoxy) is 1. The van der Waals surface area contributed by atoms with Crippen molar-refractivity contribution in [2.24, 2.45) is 5.92 Å². The van der Waals surface area contributed by atoms with Crippen LogP contribution >= 0.6 is 0 Å². The molecule has 1 aliphatic rings. The van der Waals surface area contributed by atoms with E-state index < -0.39 is 11.7 Å². The van der Waals surface area contributed by atoms with Gasteiger partial charge in [-0.2, -0.15) is 0 Å². The highest BCUT2D eigenvalue weighted by Gasteiger charge is 2.41. The van der Waals surface area contributed by atoms with E-state index >= 15 is 0 Å². The lowest BCUT2D eigenvalue weighted by atomic mass is 9.74. The molecule has 0 radical (unpaired) electrons. The van der Waals surface area contributed by atoms with Gasteiger partial charge < -0.3 is 9.84 Å². The van der Waals surface area contributed by atoms with Crippen LogP contribution in [0.25, 0.3) is 0 Å². The van der Waals surface area contributed by atoms with Crippen LogP contribution in [0.15, 0.2) is 24.3 Å². The van der Waals surface area contributed by atoms with Crippen molar-refractivity contribution in [3.63, 3.8) is 0 Å². The van der Waals surface area contributed by atoms with Crippen LogP contribution < -0.4 is 0 Å². The molecule has 3 atom stereocenters. The number of hydrogen-bond donors (Lipinski definition) is 1. The summed E-state index contributed by atoms with van der Waals surface area (Å²) in [7, 11) is 1.69. The standard InChI is InChI=1S/C16H23FO2/c1-12-4-3-9-16(11-12,19-2)15(18)10-13-5-7-14(17)8-6-13/h5-8,12,15,18H,3-4,9-11H2,1-2H3. The molecular formula is C16H23FO2. The molecule has 1 saturated carbocycles. The second-order valence-corrected chi connectivity index (χ2v) is 5.82. The first-order valence-corrected chi connectivity index (χ1v) is 7.03. The SMILES string of the molecule is COC1(C(O)Cc2ccc(F)cc2)CCCC(C)C1. The Morgan fingerprint density at radius 3 is 2.68 bits per heavy atom. The molecule has 0 saturated heterocycles. The number of methoxy groups -OCH3 is 1. The van der Waals surface area contributed by atoms with Crippen molar-refractivity contribution in [3.8, 4) is 0 Å². The molecule has 0 aromatic heterocycles. The highest BCUT2D eigenvalue weighted by Crippen LogP contribution is 2.38. The Morgan fingerprint density at radius 1 is 1.42 bits per heavy atom. The van der Waals surface area contributed by atoms with E-state index in [1.54, 1.807) is 19.2 Å². The van der Waals surface area contributed by atoms with E-state index in [9.17, 15) is 9.50 Å². The summed E-state index contributed by atoms with van der Waals surface area (Å²) in [5.74, 6) is 0.336. The van der Waals surface area contributed by atoms with E-state index in [-0.39, 0.29) is 5.82 Å². The third kappa shape index (κ3) is 3.34. The van der Waals surface area contributed by atoms with Crippen LogP contribution in [-0.4, -0.2) is 23.9 Å². The maximum absolute atomic E-state index is 12.9. The largest absolute Gasteiger partial charge is 0.390 e. The lowest BCUT2D eigenvalue weighted by Crippen LogP contribution is -2.48. The maximum Gasteiger partial charge on any atom is 0.123 e. The summed E-state index contributed by atoms with van der Waals surface area (Å²) in [5.41, 5.74) is 0.509. The number of rotatable bonds is 4. The van der Waals surface area contributed by atoms with E-state index in [0.717, 1.165) is 24.8 Å². The molecule has 0 heterocycles. The zero-order valence-electron chi connectivity index (χ0n) is 11.7. The third-order valence-corrected chi connectivity index (χ3v) is 4.35. The molecule has 19 heavy (non-hydrogen) atoms. The molecule has 3 heteroatoms. The lowest BCUT2D eigenvalue weighted by Gasteiger charge is -2.42. The fourth-order valence-corrected chi connectivity index (χ4v) is 3.20. The molecule has 2 nitrogen and oxygen atoms in total. The molecule has 1 aromatic carbocycles. The molecule has 1 aliphatic carbocycles. The average Bonchev–Trinajstić information content (AvgIpc) is 2.41. The molecule has 0 amide bonds. The second-order valence-electron chi connectivity index (χ2n) is 5.82. The van der Waals surface area contributed by atoms with Crippen LogP contribution in [0, 0.1) is 11.7 Å². The molecule has 1 fully saturated rings. The van der Waals surface area contributed by atoms with Gasteiger partial charge in [0, 0.05) is 13.5 Å². The van der Waals surface area contributed by atoms with Gasteiger partial charge in [-0.1, -0.05) is 31.9 Å². The summed E-state index contributed by atoms with van der Waals surface area (Å²) in [6.07, 6.45) is 4.07. The number of benzene rings is 1. The molecule has 0 aliphatic heterocycles. The Bertz CT molecular complexity index is 404. The Morgan fingerprint density at radius 2 is 2.11 bits per heavy atom. The Labute approximate surface area is 114 Å². The van der Waals surface area contributed by atoms with Crippen molar-refractivity contribution >= 4 is 0 Å². The molecule has 3 unspecified atom stereocenters. The smallest absolute Gasteiger partial charge is 0.123 e. The van der Waals surface area contributed by atoms with Crippen LogP contribution in [0.1, 0.15) is 38.2 Å². The Hall–Kier alpha value is -0.930. The van der Waals surface area contributed by atoms with Gasteiger partial charge in [0.1, 0.15) is 5.82 Å². The maximum atomic E-state index is 12.9. The predicted molar refractivity (Wildman–Crippen MR) is 73.5 cm³/mol. The second kappa shape index (κ2) is 6.02. The van der Waals surface area contributed by atoms with E-state index in [0.29, 0.717) is 12.3 Å². The van der Waals surface area contributed by atoms with E-state index in [4.69, 9.17) is 4.74 Å². The third-order valence-electron chi connectivity index (χ3n) is 4.35. The fraction of sp³-hybridized carbons (Fsp3) is 0.625. The van der Waals surface area contributed by atoms with Gasteiger partial charge in [-0.15, -0.1) is 0 Å². The van der Waals surface area contributed by atoms with Crippen molar-refractivity contribution in [1.29, 1.82) is 0 Å². The van der Waals surface area contributed by atoms with Gasteiger partial charge in [0.25, 0.3) is 0 Å². The minimum absolute atomic E-state index is 0.244. The minimum Gasteiger partial charge on any atom is -0.390 e. The molecular weight excluding hydrogens is 243 g/mol. The van der Waals surface area contributed by atoms with Crippen LogP contribution in [0.4, 0.5) is 4.39 Å². The summed E-state index contributed by atoms with van der Waals surface area (Å²) < 4.78 is 18.6. The van der Waals surface area contributed by atoms with Gasteiger partial charge in [-0.25, -0.2) is 4.39 Å². The highest BCUT2D eigenvalue weighted by atomic mass is 19.1. The predicted octanol–water partition coefficient (Wildman–Crippen LogP) is 3.32. The van der Waals surface area contributed by atoms with Gasteiger partial charge in [0.05, 0.1) is 11.7 Å². The van der Waals surface area contributed by atoms with Crippen molar-refractivity contribution in [2.75, 3.05) is 7.11 Å². The quantitative estimate of drug-likeness (QED) is 0.906. The first-order chi connectivity index (χ1) is 9.05. The molecule has 106 valence electrons. The summed E-state index contributed by atoms with van der Waals surface area (Å²) in [6.45, 7) is 2.21. The molecule has 1 aromatic rings. The zero-order valence-corrected chi connectivity index (χ0v) is 11.7. The van der Waals surface area contributed by atoms with Gasteiger partial charge in [0.15, 0.2) is 0 Å². The van der Waals surface area contributed by atoms with Crippen LogP contribution in [0.2, 0.25) is 0 Å². The number of hydrogen-bond acceptors (Lipinski definition) is 2. The summed E-state index contributed by atoms with van der Waals surface area (Å²) in [5, 5.41) is 10.5. The molecule has 0 bridgehead atoms. The topological polar surface area (TPSA) is 29.5 Å². The van der Waals surface area contributed by atoms with E-state index in [1.165, 1.54) is 18.6 Å². The van der Waals surface area contributed by atoms with Crippen LogP contribution in [0.5, 0.6) is 0 Å². The molecule has 1 N–H and O–H groups in total. The minimum atomic E-state index is -0.536. The summed E-state index contributed by atoms with van der Waals surface area (Å²) in [6, 6.07) is 6.33. The Kier molecular flexibility index (Phi) is 4.58. The van der Waals surface area contributed by atoms with Crippen LogP contribution in [-0.2, 0) is 11.2 Å². The van der Waals surface area contributed by atoms with Crippen molar-refractivity contribution in [3.05, 3.63) is 35.6 Å². The monoisotopic (exact) mass is 266 g/mol. The first-order valence-electron chi connectivity index (χ1n) is 7.03. The van der Waals surface area contributed by atoms with Gasteiger partial charge in [0.2, 0.25) is 0 Å². The van der Waals surface area contributed by atoms with Gasteiger partial charge in [-0.3, -0.25) is 0 Å². The number of halogens is 1. The number of aliphatic hydroxyl groups excluding tert-OH is 1. The zero-order chi connectivity index (χ0) is 13.9. The number of aliphatic hydroxyl groups is 1. The normalized spacial score (nSPS) is 29.2. The van der Waals surface area contributed by atoms with Gasteiger partial charge in [-0.05, 0) is 36.5 Å². The van der Waals surface area contributed by atoms with Gasteiger partial charge >= 0.3 is 0 Å². The summed E-state index contributed by atoms with van der Waals surface area (Å²) >= 11 is 0. The molecule has 2 rings (SSSR count). The van der Waals surface area contributed by atoms with Crippen molar-refractivity contribution in [1.82, 2.24) is 0 Å². The first kappa shape index (κ1) is 14.5. The average molecular weight is 266 g/mol. The van der Waals surface area contributed by atoms with Crippen LogP contribution in [0.3, 0.4) is 0 Å². The van der Waals surface area contributed by atoms with Crippen molar-refractivity contribution < 1.29 is 14.2 Å². The highest BCUT2D eigenvalue weighted by molar-refractivity contribution is 5.18. The van der Waals surface area contributed by atoms with E-state index in [2.05, 4.69) is 6.92 Å². The lowest BCUT2D eigenvalue weighted by molar-refractivity contribution is -0.131.